The quantitative estimate of drug-likeness (QED) is 0.687. The molecule has 0 aliphatic rings. The Kier molecular flexibility index (Phi) is 5.59. The third kappa shape index (κ3) is 5.02. The molecule has 0 radical (unpaired) electrons. The Hall–Kier alpha value is -2.92. The molecule has 3 rings (SSSR count). The topological polar surface area (TPSA) is 64.1 Å². The number of hydrogen-bond donors (Lipinski definition) is 1. The van der Waals surface area contributed by atoms with Crippen molar-refractivity contribution < 1.29 is 9.53 Å². The van der Waals surface area contributed by atoms with E-state index in [-0.39, 0.29) is 5.91 Å². The van der Waals surface area contributed by atoms with Crippen molar-refractivity contribution in [3.05, 3.63) is 89.0 Å². The molecule has 0 bridgehead atoms. The summed E-state index contributed by atoms with van der Waals surface area (Å²) in [5.41, 5.74) is 2.47. The van der Waals surface area contributed by atoms with Gasteiger partial charge in [0.05, 0.1) is 0 Å². The second-order valence-electron chi connectivity index (χ2n) is 5.34. The maximum Gasteiger partial charge on any atom is 0.251 e. The Labute approximate surface area is 150 Å². The number of aromatic nitrogens is 2. The zero-order valence-electron chi connectivity index (χ0n) is 13.4. The number of pyridine rings is 2. The van der Waals surface area contributed by atoms with Crippen LogP contribution in [0.5, 0.6) is 5.75 Å². The van der Waals surface area contributed by atoms with E-state index >= 15 is 0 Å². The highest BCUT2D eigenvalue weighted by atomic mass is 35.5. The number of nitrogens with zero attached hydrogens (tertiary/aromatic N) is 2. The van der Waals surface area contributed by atoms with Crippen LogP contribution in [0.2, 0.25) is 5.15 Å². The summed E-state index contributed by atoms with van der Waals surface area (Å²) in [6, 6.07) is 14.6. The van der Waals surface area contributed by atoms with Crippen LogP contribution in [0.4, 0.5) is 0 Å². The molecule has 0 saturated carbocycles. The molecule has 0 unspecified atom stereocenters. The van der Waals surface area contributed by atoms with Gasteiger partial charge in [-0.05, 0) is 35.9 Å². The molecule has 126 valence electrons. The Morgan fingerprint density at radius 2 is 1.92 bits per heavy atom. The van der Waals surface area contributed by atoms with E-state index in [0.717, 1.165) is 16.9 Å². The molecule has 2 aromatic heterocycles. The lowest BCUT2D eigenvalue weighted by Crippen LogP contribution is -2.22. The monoisotopic (exact) mass is 353 g/mol. The summed E-state index contributed by atoms with van der Waals surface area (Å²) in [5.74, 6) is 0.570. The first-order valence-corrected chi connectivity index (χ1v) is 8.09. The van der Waals surface area contributed by atoms with E-state index < -0.39 is 0 Å². The van der Waals surface area contributed by atoms with Gasteiger partial charge in [-0.25, -0.2) is 4.98 Å². The van der Waals surface area contributed by atoms with Crippen LogP contribution in [0.25, 0.3) is 0 Å². The van der Waals surface area contributed by atoms with Crippen LogP contribution in [0.3, 0.4) is 0 Å². The minimum Gasteiger partial charge on any atom is -0.489 e. The van der Waals surface area contributed by atoms with Crippen LogP contribution in [0, 0.1) is 0 Å². The van der Waals surface area contributed by atoms with E-state index in [1.807, 2.05) is 36.4 Å². The first-order chi connectivity index (χ1) is 12.2. The molecule has 0 aliphatic carbocycles. The Morgan fingerprint density at radius 1 is 1.08 bits per heavy atom. The summed E-state index contributed by atoms with van der Waals surface area (Å²) in [4.78, 5) is 20.0. The van der Waals surface area contributed by atoms with Crippen LogP contribution in [0.1, 0.15) is 21.5 Å². The van der Waals surface area contributed by atoms with E-state index in [2.05, 4.69) is 15.3 Å². The Balaban J connectivity index is 1.51. The van der Waals surface area contributed by atoms with Gasteiger partial charge in [-0.2, -0.15) is 0 Å². The molecular formula is C19H16ClN3O2. The molecule has 1 aromatic carbocycles. The zero-order valence-corrected chi connectivity index (χ0v) is 14.1. The molecule has 3 aromatic rings. The summed E-state index contributed by atoms with van der Waals surface area (Å²) in [6.45, 7) is 0.883. The van der Waals surface area contributed by atoms with Crippen molar-refractivity contribution in [1.82, 2.24) is 15.3 Å². The van der Waals surface area contributed by atoms with Gasteiger partial charge in [0.1, 0.15) is 17.5 Å². The van der Waals surface area contributed by atoms with Gasteiger partial charge in [0.25, 0.3) is 5.91 Å². The lowest BCUT2D eigenvalue weighted by Gasteiger charge is -2.08. The minimum absolute atomic E-state index is 0.193. The third-order valence-corrected chi connectivity index (χ3v) is 3.70. The van der Waals surface area contributed by atoms with E-state index in [1.54, 1.807) is 18.5 Å². The molecule has 0 aliphatic heterocycles. The van der Waals surface area contributed by atoms with Crippen molar-refractivity contribution in [3.8, 4) is 5.75 Å². The van der Waals surface area contributed by atoms with Crippen molar-refractivity contribution in [2.75, 3.05) is 0 Å². The highest BCUT2D eigenvalue weighted by Crippen LogP contribution is 2.14. The fraction of sp³-hybridized carbons (Fsp3) is 0.105. The van der Waals surface area contributed by atoms with Gasteiger partial charge >= 0.3 is 0 Å². The maximum atomic E-state index is 12.1. The molecule has 2 heterocycles. The fourth-order valence-electron chi connectivity index (χ4n) is 2.18. The van der Waals surface area contributed by atoms with Crippen molar-refractivity contribution in [1.29, 1.82) is 0 Å². The number of hydrogen-bond acceptors (Lipinski definition) is 4. The van der Waals surface area contributed by atoms with Crippen molar-refractivity contribution in [2.45, 2.75) is 13.2 Å². The van der Waals surface area contributed by atoms with Crippen LogP contribution in [-0.2, 0) is 13.2 Å². The van der Waals surface area contributed by atoms with E-state index in [4.69, 9.17) is 16.3 Å². The summed E-state index contributed by atoms with van der Waals surface area (Å²) in [7, 11) is 0. The molecule has 1 N–H and O–H groups in total. The van der Waals surface area contributed by atoms with Crippen molar-refractivity contribution >= 4 is 17.5 Å². The largest absolute Gasteiger partial charge is 0.489 e. The summed E-state index contributed by atoms with van der Waals surface area (Å²) in [6.07, 6.45) is 5.01. The molecule has 25 heavy (non-hydrogen) atoms. The average molecular weight is 354 g/mol. The number of rotatable bonds is 6. The lowest BCUT2D eigenvalue weighted by atomic mass is 10.2. The van der Waals surface area contributed by atoms with Gasteiger partial charge in [-0.15, -0.1) is 0 Å². The normalized spacial score (nSPS) is 10.3. The lowest BCUT2D eigenvalue weighted by molar-refractivity contribution is 0.0951. The van der Waals surface area contributed by atoms with Gasteiger partial charge < -0.3 is 10.1 Å². The highest BCUT2D eigenvalue weighted by Gasteiger charge is 2.06. The summed E-state index contributed by atoms with van der Waals surface area (Å²) >= 11 is 5.79. The highest BCUT2D eigenvalue weighted by molar-refractivity contribution is 6.29. The summed E-state index contributed by atoms with van der Waals surface area (Å²) < 4.78 is 5.71. The Bertz CT molecular complexity index is 839. The SMILES string of the molecule is O=C(NCc1ccc(OCc2cccnc2)cc1)c1ccnc(Cl)c1. The molecule has 0 spiro atoms. The number of amides is 1. The summed E-state index contributed by atoms with van der Waals surface area (Å²) in [5, 5.41) is 3.14. The van der Waals surface area contributed by atoms with Crippen LogP contribution in [0.15, 0.2) is 67.1 Å². The van der Waals surface area contributed by atoms with Gasteiger partial charge in [-0.3, -0.25) is 9.78 Å². The molecule has 6 heteroatoms. The molecule has 0 saturated heterocycles. The van der Waals surface area contributed by atoms with Crippen LogP contribution >= 0.6 is 11.6 Å². The third-order valence-electron chi connectivity index (χ3n) is 3.49. The van der Waals surface area contributed by atoms with E-state index in [0.29, 0.717) is 23.9 Å². The smallest absolute Gasteiger partial charge is 0.251 e. The number of nitrogens with one attached hydrogen (secondary N) is 1. The van der Waals surface area contributed by atoms with Crippen LogP contribution < -0.4 is 10.1 Å². The van der Waals surface area contributed by atoms with Gasteiger partial charge in [0.2, 0.25) is 0 Å². The molecule has 0 fully saturated rings. The maximum absolute atomic E-state index is 12.1. The number of ether oxygens (including phenoxy) is 1. The first kappa shape index (κ1) is 16.9. The standard InChI is InChI=1S/C19H16ClN3O2/c20-18-10-16(7-9-22-18)19(24)23-12-14-3-5-17(6-4-14)25-13-15-2-1-8-21-11-15/h1-11H,12-13H2,(H,23,24). The second-order valence-corrected chi connectivity index (χ2v) is 5.73. The average Bonchev–Trinajstić information content (AvgIpc) is 2.66. The number of halogens is 1. The van der Waals surface area contributed by atoms with E-state index in [9.17, 15) is 4.79 Å². The minimum atomic E-state index is -0.193. The predicted octanol–water partition coefficient (Wildman–Crippen LogP) is 3.64. The van der Waals surface area contributed by atoms with Gasteiger partial charge in [0.15, 0.2) is 0 Å². The molecule has 0 atom stereocenters. The molecule has 1 amide bonds. The molecular weight excluding hydrogens is 338 g/mol. The number of carbonyl (C=O) groups excluding carboxylic acids is 1. The predicted molar refractivity (Wildman–Crippen MR) is 95.4 cm³/mol. The van der Waals surface area contributed by atoms with Crippen LogP contribution in [-0.4, -0.2) is 15.9 Å². The molecule has 5 nitrogen and oxygen atoms in total. The first-order valence-electron chi connectivity index (χ1n) is 7.71. The number of carbonyl (C=O) groups is 1. The fourth-order valence-corrected chi connectivity index (χ4v) is 2.36. The Morgan fingerprint density at radius 3 is 2.64 bits per heavy atom. The second kappa shape index (κ2) is 8.26. The zero-order chi connectivity index (χ0) is 17.5. The van der Waals surface area contributed by atoms with Crippen molar-refractivity contribution in [2.24, 2.45) is 0 Å². The van der Waals surface area contributed by atoms with Gasteiger partial charge in [0, 0.05) is 36.3 Å². The number of benzene rings is 1. The van der Waals surface area contributed by atoms with Crippen molar-refractivity contribution in [3.63, 3.8) is 0 Å². The van der Waals surface area contributed by atoms with E-state index in [1.165, 1.54) is 12.3 Å². The van der Waals surface area contributed by atoms with Gasteiger partial charge in [-0.1, -0.05) is 29.8 Å².